The van der Waals surface area contributed by atoms with Crippen LogP contribution in [0.4, 0.5) is 15.9 Å². The Morgan fingerprint density at radius 3 is 2.68 bits per heavy atom. The fraction of sp³-hybridized carbons (Fsp3) is 0.0800. The predicted molar refractivity (Wildman–Crippen MR) is 142 cm³/mol. The smallest absolute Gasteiger partial charge is 0.229 e. The van der Waals surface area contributed by atoms with Crippen molar-refractivity contribution in [3.05, 3.63) is 88.6 Å². The standard InChI is InChI=1S/C25H20ClFN6O4S/c1-13-6-23(37-16-5-3-4-15(26)9-16)29-12-22(13)33-25(28)17(11-30-33)24(34)21-8-14-7-18(27)20(10-19(14)31-21)32-38(2,35)36/h3-12,31-32H,28H2,1-2H3. The minimum absolute atomic E-state index is 0.0766. The number of nitrogen functional groups attached to an aromatic ring is 1. The molecule has 4 N–H and O–H groups in total. The molecule has 0 aliphatic rings. The Kier molecular flexibility index (Phi) is 6.29. The molecule has 2 aromatic carbocycles. The monoisotopic (exact) mass is 554 g/mol. The van der Waals surface area contributed by atoms with Crippen LogP contribution in [0, 0.1) is 12.7 Å². The fourth-order valence-electron chi connectivity index (χ4n) is 3.87. The number of benzene rings is 2. The average Bonchev–Trinajstić information content (AvgIpc) is 3.41. The number of rotatable bonds is 7. The third-order valence-electron chi connectivity index (χ3n) is 5.60. The lowest BCUT2D eigenvalue weighted by molar-refractivity contribution is 0.103. The molecule has 0 radical (unpaired) electrons. The van der Waals surface area contributed by atoms with Crippen molar-refractivity contribution in [1.29, 1.82) is 0 Å². The van der Waals surface area contributed by atoms with Gasteiger partial charge in [-0.15, -0.1) is 0 Å². The molecule has 10 nitrogen and oxygen atoms in total. The van der Waals surface area contributed by atoms with E-state index in [1.165, 1.54) is 29.2 Å². The van der Waals surface area contributed by atoms with Crippen LogP contribution in [0.2, 0.25) is 5.02 Å². The summed E-state index contributed by atoms with van der Waals surface area (Å²) < 4.78 is 46.6. The molecule has 0 bridgehead atoms. The zero-order valence-electron chi connectivity index (χ0n) is 20.0. The van der Waals surface area contributed by atoms with E-state index in [1.54, 1.807) is 30.3 Å². The number of nitrogens with two attached hydrogens (primary N) is 1. The number of carbonyl (C=O) groups is 1. The molecule has 0 unspecified atom stereocenters. The number of H-pyrrole nitrogens is 1. The van der Waals surface area contributed by atoms with Crippen LogP contribution in [0.3, 0.4) is 0 Å². The first-order valence-electron chi connectivity index (χ1n) is 11.1. The summed E-state index contributed by atoms with van der Waals surface area (Å²) in [5.41, 5.74) is 7.93. The van der Waals surface area contributed by atoms with E-state index in [9.17, 15) is 17.6 Å². The van der Waals surface area contributed by atoms with Crippen molar-refractivity contribution in [1.82, 2.24) is 19.7 Å². The zero-order valence-corrected chi connectivity index (χ0v) is 21.6. The lowest BCUT2D eigenvalue weighted by atomic mass is 10.1. The molecule has 5 aromatic rings. The summed E-state index contributed by atoms with van der Waals surface area (Å²) in [5, 5.41) is 5.17. The van der Waals surface area contributed by atoms with E-state index < -0.39 is 21.6 Å². The second-order valence-electron chi connectivity index (χ2n) is 8.53. The van der Waals surface area contributed by atoms with Crippen molar-refractivity contribution >= 4 is 49.8 Å². The van der Waals surface area contributed by atoms with Crippen LogP contribution in [0.15, 0.2) is 60.9 Å². The molecule has 0 saturated carbocycles. The first-order chi connectivity index (χ1) is 18.0. The van der Waals surface area contributed by atoms with Gasteiger partial charge in [-0.1, -0.05) is 17.7 Å². The van der Waals surface area contributed by atoms with Gasteiger partial charge in [-0.05, 0) is 48.9 Å². The Balaban J connectivity index is 1.42. The Morgan fingerprint density at radius 1 is 1.18 bits per heavy atom. The Labute approximate surface area is 221 Å². The van der Waals surface area contributed by atoms with Crippen molar-refractivity contribution in [2.24, 2.45) is 0 Å². The van der Waals surface area contributed by atoms with Crippen molar-refractivity contribution in [2.45, 2.75) is 6.92 Å². The molecule has 38 heavy (non-hydrogen) atoms. The van der Waals surface area contributed by atoms with E-state index in [-0.39, 0.29) is 22.8 Å². The second-order valence-corrected chi connectivity index (χ2v) is 10.7. The highest BCUT2D eigenvalue weighted by atomic mass is 35.5. The number of hydrogen-bond donors (Lipinski definition) is 3. The molecule has 0 aliphatic carbocycles. The van der Waals surface area contributed by atoms with E-state index in [0.29, 0.717) is 33.2 Å². The van der Waals surface area contributed by atoms with E-state index >= 15 is 0 Å². The second kappa shape index (κ2) is 9.47. The summed E-state index contributed by atoms with van der Waals surface area (Å²) in [5.74, 6) is -0.312. The van der Waals surface area contributed by atoms with Crippen molar-refractivity contribution < 1.29 is 22.3 Å². The molecule has 0 fully saturated rings. The lowest BCUT2D eigenvalue weighted by Gasteiger charge is -2.10. The molecule has 3 heterocycles. The maximum absolute atomic E-state index is 14.4. The van der Waals surface area contributed by atoms with Crippen molar-refractivity contribution in [2.75, 3.05) is 16.7 Å². The number of aryl methyl sites for hydroxylation is 1. The number of carbonyl (C=O) groups excluding carboxylic acids is 1. The summed E-state index contributed by atoms with van der Waals surface area (Å²) in [6.45, 7) is 1.82. The summed E-state index contributed by atoms with van der Waals surface area (Å²) >= 11 is 6.00. The molecular formula is C25H20ClFN6O4S. The number of sulfonamides is 1. The van der Waals surface area contributed by atoms with Gasteiger partial charge in [0.25, 0.3) is 0 Å². The van der Waals surface area contributed by atoms with Crippen molar-refractivity contribution in [3.8, 4) is 17.3 Å². The molecule has 0 spiro atoms. The lowest BCUT2D eigenvalue weighted by Crippen LogP contribution is -2.10. The number of anilines is 2. The van der Waals surface area contributed by atoms with Gasteiger partial charge in [0.1, 0.15) is 17.4 Å². The Hall–Kier alpha value is -4.42. The van der Waals surface area contributed by atoms with E-state index in [1.807, 2.05) is 6.92 Å². The number of pyridine rings is 1. The SMILES string of the molecule is Cc1cc(Oc2cccc(Cl)c2)ncc1-n1ncc(C(=O)c2cc3cc(F)c(NS(C)(=O)=O)cc3[nH]2)c1N. The number of nitrogens with zero attached hydrogens (tertiary/aromatic N) is 3. The minimum Gasteiger partial charge on any atom is -0.439 e. The van der Waals surface area contributed by atoms with Gasteiger partial charge in [-0.2, -0.15) is 5.10 Å². The third kappa shape index (κ3) is 5.04. The third-order valence-corrected chi connectivity index (χ3v) is 6.43. The molecular weight excluding hydrogens is 535 g/mol. The molecule has 194 valence electrons. The predicted octanol–water partition coefficient (Wildman–Crippen LogP) is 4.83. The van der Waals surface area contributed by atoms with Gasteiger partial charge in [-0.3, -0.25) is 9.52 Å². The van der Waals surface area contributed by atoms with Gasteiger partial charge < -0.3 is 15.5 Å². The zero-order chi connectivity index (χ0) is 27.2. The van der Waals surface area contributed by atoms with Crippen LogP contribution in [-0.2, 0) is 10.0 Å². The Morgan fingerprint density at radius 2 is 1.97 bits per heavy atom. The van der Waals surface area contributed by atoms with Gasteiger partial charge in [0.15, 0.2) is 0 Å². The van der Waals surface area contributed by atoms with E-state index in [0.717, 1.165) is 17.9 Å². The van der Waals surface area contributed by atoms with Gasteiger partial charge in [0, 0.05) is 22.0 Å². The van der Waals surface area contributed by atoms with Gasteiger partial charge in [0.2, 0.25) is 21.7 Å². The summed E-state index contributed by atoms with van der Waals surface area (Å²) in [6.07, 6.45) is 3.77. The van der Waals surface area contributed by atoms with Gasteiger partial charge >= 0.3 is 0 Å². The largest absolute Gasteiger partial charge is 0.439 e. The fourth-order valence-corrected chi connectivity index (χ4v) is 4.61. The molecule has 3 aromatic heterocycles. The highest BCUT2D eigenvalue weighted by Crippen LogP contribution is 2.29. The molecule has 5 rings (SSSR count). The molecule has 0 atom stereocenters. The molecule has 0 aliphatic heterocycles. The number of hydrogen-bond acceptors (Lipinski definition) is 7. The van der Waals surface area contributed by atoms with Gasteiger partial charge in [0.05, 0.1) is 41.3 Å². The maximum atomic E-state index is 14.4. The van der Waals surface area contributed by atoms with E-state index in [2.05, 4.69) is 19.8 Å². The number of halogens is 2. The molecule has 0 saturated heterocycles. The highest BCUT2D eigenvalue weighted by molar-refractivity contribution is 7.92. The van der Waals surface area contributed by atoms with Crippen LogP contribution in [0.5, 0.6) is 11.6 Å². The molecule has 0 amide bonds. The number of ether oxygens (including phenoxy) is 1. The summed E-state index contributed by atoms with van der Waals surface area (Å²) in [4.78, 5) is 20.4. The number of fused-ring (bicyclic) bond motifs is 1. The average molecular weight is 555 g/mol. The number of aromatic amines is 1. The van der Waals surface area contributed by atoms with Crippen LogP contribution in [0.1, 0.15) is 21.6 Å². The quantitative estimate of drug-likeness (QED) is 0.244. The van der Waals surface area contributed by atoms with Crippen LogP contribution >= 0.6 is 11.6 Å². The van der Waals surface area contributed by atoms with Crippen LogP contribution < -0.4 is 15.2 Å². The van der Waals surface area contributed by atoms with Crippen LogP contribution in [0.25, 0.3) is 16.6 Å². The first kappa shape index (κ1) is 25.2. The highest BCUT2D eigenvalue weighted by Gasteiger charge is 2.21. The first-order valence-corrected chi connectivity index (χ1v) is 13.3. The number of aromatic nitrogens is 4. The van der Waals surface area contributed by atoms with E-state index in [4.69, 9.17) is 22.1 Å². The number of ketones is 1. The maximum Gasteiger partial charge on any atom is 0.229 e. The normalized spacial score (nSPS) is 11.6. The van der Waals surface area contributed by atoms with Crippen LogP contribution in [-0.4, -0.2) is 40.2 Å². The summed E-state index contributed by atoms with van der Waals surface area (Å²) in [6, 6.07) is 12.5. The van der Waals surface area contributed by atoms with Gasteiger partial charge in [-0.25, -0.2) is 22.5 Å². The van der Waals surface area contributed by atoms with Crippen molar-refractivity contribution in [3.63, 3.8) is 0 Å². The molecule has 13 heteroatoms. The number of nitrogens with one attached hydrogen (secondary N) is 2. The topological polar surface area (TPSA) is 145 Å². The summed E-state index contributed by atoms with van der Waals surface area (Å²) in [7, 11) is -3.69. The minimum atomic E-state index is -3.69. The Bertz CT molecular complexity index is 1830.